The van der Waals surface area contributed by atoms with Crippen LogP contribution in [0.15, 0.2) is 18.2 Å². The van der Waals surface area contributed by atoms with Crippen LogP contribution in [0, 0.1) is 17.6 Å². The number of hydrogen-bond donors (Lipinski definition) is 1. The third kappa shape index (κ3) is 4.57. The molecule has 0 heterocycles. The lowest BCUT2D eigenvalue weighted by Gasteiger charge is -2.27. The predicted octanol–water partition coefficient (Wildman–Crippen LogP) is 4.31. The fraction of sp³-hybridized carbons (Fsp3) is 0.625. The molecule has 1 atom stereocenters. The number of halogens is 2. The van der Waals surface area contributed by atoms with Gasteiger partial charge in [-0.2, -0.15) is 0 Å². The molecule has 0 aliphatic rings. The summed E-state index contributed by atoms with van der Waals surface area (Å²) in [5, 5.41) is 3.48. The Morgan fingerprint density at radius 2 is 1.79 bits per heavy atom. The van der Waals surface area contributed by atoms with Crippen LogP contribution >= 0.6 is 0 Å². The van der Waals surface area contributed by atoms with Gasteiger partial charge in [-0.25, -0.2) is 8.78 Å². The first kappa shape index (κ1) is 16.1. The average Bonchev–Trinajstić information content (AvgIpc) is 2.42. The second-order valence-corrected chi connectivity index (χ2v) is 5.05. The van der Waals surface area contributed by atoms with Crippen molar-refractivity contribution < 1.29 is 8.78 Å². The Hall–Kier alpha value is -0.960. The van der Waals surface area contributed by atoms with Crippen LogP contribution in [0.25, 0.3) is 0 Å². The number of rotatable bonds is 8. The summed E-state index contributed by atoms with van der Waals surface area (Å²) < 4.78 is 27.0. The van der Waals surface area contributed by atoms with Gasteiger partial charge in [-0.15, -0.1) is 0 Å². The first-order valence-corrected chi connectivity index (χ1v) is 7.30. The molecule has 0 radical (unpaired) electrons. The Bertz CT molecular complexity index is 375. The quantitative estimate of drug-likeness (QED) is 0.741. The van der Waals surface area contributed by atoms with Gasteiger partial charge in [0.25, 0.3) is 0 Å². The first-order chi connectivity index (χ1) is 9.13. The minimum atomic E-state index is -0.753. The Morgan fingerprint density at radius 1 is 1.11 bits per heavy atom. The number of nitrogens with one attached hydrogen (secondary N) is 1. The fourth-order valence-corrected chi connectivity index (χ4v) is 2.54. The fourth-order valence-electron chi connectivity index (χ4n) is 2.54. The predicted molar refractivity (Wildman–Crippen MR) is 76.2 cm³/mol. The average molecular weight is 269 g/mol. The van der Waals surface area contributed by atoms with E-state index in [1.807, 2.05) is 0 Å². The summed E-state index contributed by atoms with van der Waals surface area (Å²) in [5.41, 5.74) is 0.473. The molecule has 1 rings (SSSR count). The molecule has 1 unspecified atom stereocenters. The van der Waals surface area contributed by atoms with Crippen LogP contribution in [0.1, 0.15) is 45.6 Å². The van der Waals surface area contributed by atoms with Crippen LogP contribution in [0.2, 0.25) is 0 Å². The third-order valence-corrected chi connectivity index (χ3v) is 3.75. The standard InChI is InChI=1S/C16H25F2N/c1-4-10-19-15(12(5-2)6-3)11-13-8-7-9-14(17)16(13)18/h7-9,12,15,19H,4-6,10-11H2,1-3H3. The summed E-state index contributed by atoms with van der Waals surface area (Å²) >= 11 is 0. The van der Waals surface area contributed by atoms with Crippen molar-refractivity contribution in [3.63, 3.8) is 0 Å². The lowest BCUT2D eigenvalue weighted by Crippen LogP contribution is -2.38. The highest BCUT2D eigenvalue weighted by Gasteiger charge is 2.20. The minimum Gasteiger partial charge on any atom is -0.313 e. The highest BCUT2D eigenvalue weighted by molar-refractivity contribution is 5.20. The Labute approximate surface area is 115 Å². The molecule has 1 aromatic carbocycles. The zero-order valence-electron chi connectivity index (χ0n) is 12.2. The molecule has 0 saturated carbocycles. The molecule has 0 saturated heterocycles. The maximum absolute atomic E-state index is 13.8. The second kappa shape index (κ2) is 8.26. The van der Waals surface area contributed by atoms with E-state index < -0.39 is 11.6 Å². The minimum absolute atomic E-state index is 0.214. The highest BCUT2D eigenvalue weighted by Crippen LogP contribution is 2.20. The van der Waals surface area contributed by atoms with Gasteiger partial charge in [0.2, 0.25) is 0 Å². The van der Waals surface area contributed by atoms with Gasteiger partial charge < -0.3 is 5.32 Å². The van der Waals surface area contributed by atoms with Crippen LogP contribution in [0.5, 0.6) is 0 Å². The van der Waals surface area contributed by atoms with Gasteiger partial charge in [-0.1, -0.05) is 45.7 Å². The van der Waals surface area contributed by atoms with E-state index in [0.29, 0.717) is 17.9 Å². The zero-order valence-corrected chi connectivity index (χ0v) is 12.2. The van der Waals surface area contributed by atoms with E-state index in [4.69, 9.17) is 0 Å². The number of hydrogen-bond acceptors (Lipinski definition) is 1. The van der Waals surface area contributed by atoms with Crippen molar-refractivity contribution in [1.29, 1.82) is 0 Å². The van der Waals surface area contributed by atoms with E-state index in [1.54, 1.807) is 12.1 Å². The van der Waals surface area contributed by atoms with Gasteiger partial charge in [0.1, 0.15) is 0 Å². The van der Waals surface area contributed by atoms with Gasteiger partial charge in [-0.3, -0.25) is 0 Å². The molecule has 0 aliphatic heterocycles. The Morgan fingerprint density at radius 3 is 2.37 bits per heavy atom. The van der Waals surface area contributed by atoms with E-state index in [0.717, 1.165) is 25.8 Å². The molecule has 1 aromatic rings. The Balaban J connectivity index is 2.83. The van der Waals surface area contributed by atoms with Gasteiger partial charge >= 0.3 is 0 Å². The summed E-state index contributed by atoms with van der Waals surface area (Å²) in [6.07, 6.45) is 3.70. The van der Waals surface area contributed by atoms with Crippen LogP contribution in [-0.4, -0.2) is 12.6 Å². The second-order valence-electron chi connectivity index (χ2n) is 5.05. The molecule has 1 nitrogen and oxygen atoms in total. The summed E-state index contributed by atoms with van der Waals surface area (Å²) in [6, 6.07) is 4.65. The molecule has 19 heavy (non-hydrogen) atoms. The molecule has 0 bridgehead atoms. The van der Waals surface area contributed by atoms with Gasteiger partial charge in [-0.05, 0) is 36.9 Å². The monoisotopic (exact) mass is 269 g/mol. The highest BCUT2D eigenvalue weighted by atomic mass is 19.2. The third-order valence-electron chi connectivity index (χ3n) is 3.75. The van der Waals surface area contributed by atoms with E-state index in [1.165, 1.54) is 6.07 Å². The maximum atomic E-state index is 13.8. The summed E-state index contributed by atoms with van der Waals surface area (Å²) in [5.74, 6) is -0.956. The molecule has 3 heteroatoms. The summed E-state index contributed by atoms with van der Waals surface area (Å²) in [4.78, 5) is 0. The molecule has 108 valence electrons. The summed E-state index contributed by atoms with van der Waals surface area (Å²) in [7, 11) is 0. The van der Waals surface area contributed by atoms with Gasteiger partial charge in [0.15, 0.2) is 11.6 Å². The smallest absolute Gasteiger partial charge is 0.162 e. The van der Waals surface area contributed by atoms with Gasteiger partial charge in [0.05, 0.1) is 0 Å². The SMILES string of the molecule is CCCNC(Cc1cccc(F)c1F)C(CC)CC. The molecule has 0 aromatic heterocycles. The lowest BCUT2D eigenvalue weighted by molar-refractivity contribution is 0.328. The lowest BCUT2D eigenvalue weighted by atomic mass is 9.89. The molecule has 0 spiro atoms. The van der Waals surface area contributed by atoms with E-state index in [-0.39, 0.29) is 6.04 Å². The van der Waals surface area contributed by atoms with Crippen molar-refractivity contribution in [2.75, 3.05) is 6.54 Å². The maximum Gasteiger partial charge on any atom is 0.162 e. The van der Waals surface area contributed by atoms with Crippen LogP contribution in [0.3, 0.4) is 0 Å². The zero-order chi connectivity index (χ0) is 14.3. The number of benzene rings is 1. The van der Waals surface area contributed by atoms with Crippen molar-refractivity contribution in [2.45, 2.75) is 52.5 Å². The van der Waals surface area contributed by atoms with Crippen molar-refractivity contribution in [2.24, 2.45) is 5.92 Å². The first-order valence-electron chi connectivity index (χ1n) is 7.30. The topological polar surface area (TPSA) is 12.0 Å². The molecule has 0 amide bonds. The van der Waals surface area contributed by atoms with E-state index in [9.17, 15) is 8.78 Å². The van der Waals surface area contributed by atoms with Crippen molar-refractivity contribution in [3.8, 4) is 0 Å². The molecular formula is C16H25F2N. The van der Waals surface area contributed by atoms with Crippen molar-refractivity contribution >= 4 is 0 Å². The molecule has 0 fully saturated rings. The van der Waals surface area contributed by atoms with Crippen LogP contribution in [0.4, 0.5) is 8.78 Å². The van der Waals surface area contributed by atoms with E-state index >= 15 is 0 Å². The molecular weight excluding hydrogens is 244 g/mol. The van der Waals surface area contributed by atoms with E-state index in [2.05, 4.69) is 26.1 Å². The van der Waals surface area contributed by atoms with Gasteiger partial charge in [0, 0.05) is 6.04 Å². The van der Waals surface area contributed by atoms with Crippen LogP contribution in [-0.2, 0) is 6.42 Å². The van der Waals surface area contributed by atoms with Crippen LogP contribution < -0.4 is 5.32 Å². The largest absolute Gasteiger partial charge is 0.313 e. The normalized spacial score (nSPS) is 12.9. The molecule has 1 N–H and O–H groups in total. The summed E-state index contributed by atoms with van der Waals surface area (Å²) in [6.45, 7) is 7.32. The Kier molecular flexibility index (Phi) is 7.00. The van der Waals surface area contributed by atoms with Crippen molar-refractivity contribution in [1.82, 2.24) is 5.32 Å². The molecule has 0 aliphatic carbocycles. The van der Waals surface area contributed by atoms with Crippen molar-refractivity contribution in [3.05, 3.63) is 35.4 Å².